The summed E-state index contributed by atoms with van der Waals surface area (Å²) in [5.74, 6) is 0. The molecule has 2 rings (SSSR count). The molecule has 1 fully saturated rings. The third-order valence-electron chi connectivity index (χ3n) is 3.93. The number of hydrogen-bond acceptors (Lipinski definition) is 1. The van der Waals surface area contributed by atoms with Gasteiger partial charge in [0, 0.05) is 16.6 Å². The molecule has 1 saturated heterocycles. The number of benzene rings is 1. The van der Waals surface area contributed by atoms with E-state index in [4.69, 9.17) is 0 Å². The summed E-state index contributed by atoms with van der Waals surface area (Å²) in [6, 6.07) is 10.1. The highest BCUT2D eigenvalue weighted by molar-refractivity contribution is 9.10. The summed E-state index contributed by atoms with van der Waals surface area (Å²) in [5, 5.41) is 0. The van der Waals surface area contributed by atoms with Crippen LogP contribution in [0.5, 0.6) is 0 Å². The van der Waals surface area contributed by atoms with E-state index in [0.29, 0.717) is 12.1 Å². The van der Waals surface area contributed by atoms with Crippen molar-refractivity contribution in [1.82, 2.24) is 4.90 Å². The Kier molecular flexibility index (Phi) is 4.63. The molecule has 1 aromatic carbocycles. The molecular formula is C15H22BrN. The Labute approximate surface area is 113 Å². The molecule has 2 atom stereocenters. The van der Waals surface area contributed by atoms with E-state index in [1.54, 1.807) is 0 Å². The van der Waals surface area contributed by atoms with Crippen LogP contribution >= 0.6 is 15.9 Å². The van der Waals surface area contributed by atoms with E-state index >= 15 is 0 Å². The van der Waals surface area contributed by atoms with Gasteiger partial charge in [0.15, 0.2) is 0 Å². The van der Waals surface area contributed by atoms with Gasteiger partial charge < -0.3 is 0 Å². The summed E-state index contributed by atoms with van der Waals surface area (Å²) in [7, 11) is 0. The predicted octanol–water partition coefficient (Wildman–Crippen LogP) is 4.77. The highest BCUT2D eigenvalue weighted by Crippen LogP contribution is 2.33. The van der Waals surface area contributed by atoms with Crippen LogP contribution in [0.1, 0.15) is 51.1 Å². The lowest BCUT2D eigenvalue weighted by Gasteiger charge is -2.40. The van der Waals surface area contributed by atoms with Crippen LogP contribution in [0.2, 0.25) is 0 Å². The lowest BCUT2D eigenvalue weighted by atomic mass is 9.93. The normalized spacial score (nSPS) is 23.6. The highest BCUT2D eigenvalue weighted by atomic mass is 79.9. The topological polar surface area (TPSA) is 3.24 Å². The van der Waals surface area contributed by atoms with Crippen LogP contribution in [0.4, 0.5) is 0 Å². The maximum Gasteiger partial charge on any atom is 0.0351 e. The largest absolute Gasteiger partial charge is 0.294 e. The fraction of sp³-hybridized carbons (Fsp3) is 0.600. The van der Waals surface area contributed by atoms with Crippen LogP contribution in [-0.2, 0) is 0 Å². The van der Waals surface area contributed by atoms with Gasteiger partial charge in [0.25, 0.3) is 0 Å². The molecule has 1 aliphatic heterocycles. The van der Waals surface area contributed by atoms with Gasteiger partial charge >= 0.3 is 0 Å². The van der Waals surface area contributed by atoms with Crippen molar-refractivity contribution in [2.75, 3.05) is 6.54 Å². The molecule has 0 amide bonds. The summed E-state index contributed by atoms with van der Waals surface area (Å²) >= 11 is 3.58. The van der Waals surface area contributed by atoms with Crippen molar-refractivity contribution in [3.8, 4) is 0 Å². The lowest BCUT2D eigenvalue weighted by Crippen LogP contribution is -2.39. The van der Waals surface area contributed by atoms with Gasteiger partial charge in [-0.05, 0) is 50.4 Å². The Bertz CT molecular complexity index is 364. The first kappa shape index (κ1) is 13.1. The quantitative estimate of drug-likeness (QED) is 0.776. The van der Waals surface area contributed by atoms with Crippen molar-refractivity contribution >= 4 is 15.9 Å². The first-order valence-electron chi connectivity index (χ1n) is 6.73. The second kappa shape index (κ2) is 6.01. The van der Waals surface area contributed by atoms with E-state index in [-0.39, 0.29) is 0 Å². The summed E-state index contributed by atoms with van der Waals surface area (Å²) in [6.07, 6.45) is 5.27. The standard InChI is InChI=1S/C15H22BrN/c1-3-12(2)17-10-5-4-9-15(17)13-7-6-8-14(16)11-13/h6-8,11-12,15H,3-5,9-10H2,1-2H3. The molecular weight excluding hydrogens is 274 g/mol. The number of likely N-dealkylation sites (tertiary alicyclic amines) is 1. The first-order valence-corrected chi connectivity index (χ1v) is 7.53. The average Bonchev–Trinajstić information content (AvgIpc) is 2.38. The molecule has 0 saturated carbocycles. The third kappa shape index (κ3) is 3.11. The highest BCUT2D eigenvalue weighted by Gasteiger charge is 2.26. The summed E-state index contributed by atoms with van der Waals surface area (Å²) in [4.78, 5) is 2.69. The van der Waals surface area contributed by atoms with Crippen molar-refractivity contribution in [2.24, 2.45) is 0 Å². The molecule has 94 valence electrons. The van der Waals surface area contributed by atoms with Crippen molar-refractivity contribution < 1.29 is 0 Å². The molecule has 0 spiro atoms. The second-order valence-electron chi connectivity index (χ2n) is 5.06. The molecule has 1 aromatic rings. The van der Waals surface area contributed by atoms with E-state index in [0.717, 1.165) is 0 Å². The van der Waals surface area contributed by atoms with Gasteiger partial charge in [-0.2, -0.15) is 0 Å². The van der Waals surface area contributed by atoms with E-state index < -0.39 is 0 Å². The summed E-state index contributed by atoms with van der Waals surface area (Å²) in [6.45, 7) is 5.90. The van der Waals surface area contributed by atoms with Crippen LogP contribution in [-0.4, -0.2) is 17.5 Å². The predicted molar refractivity (Wildman–Crippen MR) is 77.2 cm³/mol. The number of hydrogen-bond donors (Lipinski definition) is 0. The Balaban J connectivity index is 2.21. The van der Waals surface area contributed by atoms with Gasteiger partial charge in [-0.1, -0.05) is 41.4 Å². The van der Waals surface area contributed by atoms with Crippen LogP contribution < -0.4 is 0 Å². The minimum atomic E-state index is 0.621. The first-order chi connectivity index (χ1) is 8.22. The minimum absolute atomic E-state index is 0.621. The molecule has 1 heterocycles. The molecule has 1 nitrogen and oxygen atoms in total. The lowest BCUT2D eigenvalue weighted by molar-refractivity contribution is 0.101. The SMILES string of the molecule is CCC(C)N1CCCCC1c1cccc(Br)c1. The van der Waals surface area contributed by atoms with Gasteiger partial charge in [-0.15, -0.1) is 0 Å². The smallest absolute Gasteiger partial charge is 0.0351 e. The van der Waals surface area contributed by atoms with Gasteiger partial charge in [-0.25, -0.2) is 0 Å². The molecule has 0 N–H and O–H groups in total. The Hall–Kier alpha value is -0.340. The fourth-order valence-electron chi connectivity index (χ4n) is 2.79. The van der Waals surface area contributed by atoms with E-state index in [9.17, 15) is 0 Å². The van der Waals surface area contributed by atoms with Crippen molar-refractivity contribution in [3.63, 3.8) is 0 Å². The fourth-order valence-corrected chi connectivity index (χ4v) is 3.20. The monoisotopic (exact) mass is 295 g/mol. The van der Waals surface area contributed by atoms with Gasteiger partial charge in [0.1, 0.15) is 0 Å². The van der Waals surface area contributed by atoms with E-state index in [1.165, 1.54) is 42.3 Å². The molecule has 0 radical (unpaired) electrons. The zero-order valence-corrected chi connectivity index (χ0v) is 12.4. The number of rotatable bonds is 3. The number of halogens is 1. The van der Waals surface area contributed by atoms with Gasteiger partial charge in [0.05, 0.1) is 0 Å². The maximum atomic E-state index is 3.58. The average molecular weight is 296 g/mol. The van der Waals surface area contributed by atoms with Crippen molar-refractivity contribution in [3.05, 3.63) is 34.3 Å². The minimum Gasteiger partial charge on any atom is -0.294 e. The third-order valence-corrected chi connectivity index (χ3v) is 4.43. The van der Waals surface area contributed by atoms with Crippen LogP contribution in [0.15, 0.2) is 28.7 Å². The zero-order chi connectivity index (χ0) is 12.3. The Morgan fingerprint density at radius 2 is 2.24 bits per heavy atom. The van der Waals surface area contributed by atoms with Crippen molar-refractivity contribution in [1.29, 1.82) is 0 Å². The molecule has 0 aromatic heterocycles. The summed E-state index contributed by atoms with van der Waals surface area (Å²) in [5.41, 5.74) is 1.47. The van der Waals surface area contributed by atoms with Gasteiger partial charge in [-0.3, -0.25) is 4.90 Å². The second-order valence-corrected chi connectivity index (χ2v) is 5.98. The number of nitrogens with zero attached hydrogens (tertiary/aromatic N) is 1. The summed E-state index contributed by atoms with van der Waals surface area (Å²) < 4.78 is 1.20. The van der Waals surface area contributed by atoms with E-state index in [2.05, 4.69) is 58.9 Å². The molecule has 17 heavy (non-hydrogen) atoms. The Morgan fingerprint density at radius 1 is 1.41 bits per heavy atom. The van der Waals surface area contributed by atoms with Crippen LogP contribution in [0.3, 0.4) is 0 Å². The van der Waals surface area contributed by atoms with E-state index in [1.807, 2.05) is 0 Å². The zero-order valence-electron chi connectivity index (χ0n) is 10.8. The van der Waals surface area contributed by atoms with Crippen LogP contribution in [0, 0.1) is 0 Å². The molecule has 2 heteroatoms. The molecule has 0 aliphatic carbocycles. The molecule has 1 aliphatic rings. The maximum absolute atomic E-state index is 3.58. The Morgan fingerprint density at radius 3 is 2.94 bits per heavy atom. The number of piperidine rings is 1. The molecule has 0 bridgehead atoms. The van der Waals surface area contributed by atoms with Crippen molar-refractivity contribution in [2.45, 2.75) is 51.6 Å². The van der Waals surface area contributed by atoms with Gasteiger partial charge in [0.2, 0.25) is 0 Å². The van der Waals surface area contributed by atoms with Crippen LogP contribution in [0.25, 0.3) is 0 Å². The molecule has 2 unspecified atom stereocenters.